The zero-order chi connectivity index (χ0) is 9.14. The monoisotopic (exact) mass is 170 g/mol. The highest BCUT2D eigenvalue weighted by atomic mass is 16.2. The number of likely N-dealkylation sites (N-methyl/N-ethyl adjacent to an activating group) is 1. The van der Waals surface area contributed by atoms with Crippen molar-refractivity contribution in [1.82, 2.24) is 9.80 Å². The molecule has 0 aromatic rings. The van der Waals surface area contributed by atoms with Gasteiger partial charge in [0.2, 0.25) is 0 Å². The number of carbonyl (C=O) groups excluding carboxylic acids is 2. The summed E-state index contributed by atoms with van der Waals surface area (Å²) in [5.74, 6) is -0.0551. The summed E-state index contributed by atoms with van der Waals surface area (Å²) in [6.07, 6.45) is 0.881. The molecule has 1 heterocycles. The van der Waals surface area contributed by atoms with E-state index in [1.807, 2.05) is 6.92 Å². The minimum absolute atomic E-state index is 0.0312. The average molecular weight is 170 g/mol. The van der Waals surface area contributed by atoms with Crippen molar-refractivity contribution in [2.24, 2.45) is 5.92 Å². The van der Waals surface area contributed by atoms with Gasteiger partial charge in [-0.15, -0.1) is 0 Å². The van der Waals surface area contributed by atoms with Crippen LogP contribution in [-0.4, -0.2) is 48.8 Å². The van der Waals surface area contributed by atoms with Crippen molar-refractivity contribution < 1.29 is 9.59 Å². The predicted octanol–water partition coefficient (Wildman–Crippen LogP) is 0.189. The van der Waals surface area contributed by atoms with Crippen LogP contribution in [0.15, 0.2) is 0 Å². The summed E-state index contributed by atoms with van der Waals surface area (Å²) in [4.78, 5) is 25.0. The first kappa shape index (κ1) is 9.03. The van der Waals surface area contributed by atoms with Crippen molar-refractivity contribution in [2.45, 2.75) is 6.92 Å². The molecule has 12 heavy (non-hydrogen) atoms. The van der Waals surface area contributed by atoms with Gasteiger partial charge in [-0.3, -0.25) is 0 Å². The van der Waals surface area contributed by atoms with Crippen molar-refractivity contribution in [1.29, 1.82) is 0 Å². The van der Waals surface area contributed by atoms with Crippen LogP contribution in [0.25, 0.3) is 0 Å². The van der Waals surface area contributed by atoms with Crippen LogP contribution < -0.4 is 0 Å². The molecule has 0 N–H and O–H groups in total. The van der Waals surface area contributed by atoms with Crippen LogP contribution >= 0.6 is 0 Å². The standard InChI is InChI=1S/C8H14N2O2/c1-7(6-11)5-10-4-3-9(2)8(10)12/h6-7H,3-5H2,1-2H3. The van der Waals surface area contributed by atoms with Crippen molar-refractivity contribution >= 4 is 12.3 Å². The predicted molar refractivity (Wildman–Crippen MR) is 44.8 cm³/mol. The van der Waals surface area contributed by atoms with E-state index in [0.717, 1.165) is 19.4 Å². The van der Waals surface area contributed by atoms with Gasteiger partial charge < -0.3 is 14.6 Å². The minimum Gasteiger partial charge on any atom is -0.326 e. The van der Waals surface area contributed by atoms with Crippen LogP contribution in [-0.2, 0) is 4.79 Å². The lowest BCUT2D eigenvalue weighted by Gasteiger charge is -2.17. The summed E-state index contributed by atoms with van der Waals surface area (Å²) in [7, 11) is 1.77. The van der Waals surface area contributed by atoms with Gasteiger partial charge in [-0.05, 0) is 0 Å². The van der Waals surface area contributed by atoms with Gasteiger partial charge in [-0.1, -0.05) is 6.92 Å². The van der Waals surface area contributed by atoms with Crippen LogP contribution in [0, 0.1) is 5.92 Å². The summed E-state index contributed by atoms with van der Waals surface area (Å²) < 4.78 is 0. The molecule has 1 saturated heterocycles. The van der Waals surface area contributed by atoms with Crippen molar-refractivity contribution in [3.63, 3.8) is 0 Å². The zero-order valence-electron chi connectivity index (χ0n) is 7.49. The van der Waals surface area contributed by atoms with Gasteiger partial charge >= 0.3 is 6.03 Å². The molecular formula is C8H14N2O2. The number of carbonyl (C=O) groups is 2. The first-order valence-corrected chi connectivity index (χ1v) is 4.10. The fourth-order valence-corrected chi connectivity index (χ4v) is 1.26. The topological polar surface area (TPSA) is 40.6 Å². The Morgan fingerprint density at radius 2 is 2.25 bits per heavy atom. The van der Waals surface area contributed by atoms with Gasteiger partial charge in [0.05, 0.1) is 0 Å². The molecule has 1 fully saturated rings. The van der Waals surface area contributed by atoms with E-state index < -0.39 is 0 Å². The van der Waals surface area contributed by atoms with Crippen molar-refractivity contribution in [2.75, 3.05) is 26.7 Å². The lowest BCUT2D eigenvalue weighted by atomic mass is 10.2. The molecule has 4 nitrogen and oxygen atoms in total. The second kappa shape index (κ2) is 3.56. The van der Waals surface area contributed by atoms with E-state index in [2.05, 4.69) is 0 Å². The molecule has 1 unspecified atom stereocenters. The van der Waals surface area contributed by atoms with E-state index in [1.165, 1.54) is 0 Å². The maximum atomic E-state index is 11.3. The van der Waals surface area contributed by atoms with E-state index in [0.29, 0.717) is 6.54 Å². The molecule has 0 spiro atoms. The van der Waals surface area contributed by atoms with Gasteiger partial charge in [0.1, 0.15) is 6.29 Å². The number of nitrogens with zero attached hydrogens (tertiary/aromatic N) is 2. The molecular weight excluding hydrogens is 156 g/mol. The highest BCUT2D eigenvalue weighted by Crippen LogP contribution is 2.07. The third-order valence-corrected chi connectivity index (χ3v) is 2.04. The van der Waals surface area contributed by atoms with Gasteiger partial charge in [0, 0.05) is 32.6 Å². The lowest BCUT2D eigenvalue weighted by molar-refractivity contribution is -0.110. The van der Waals surface area contributed by atoms with Crippen molar-refractivity contribution in [3.8, 4) is 0 Å². The van der Waals surface area contributed by atoms with E-state index in [-0.39, 0.29) is 11.9 Å². The van der Waals surface area contributed by atoms with E-state index in [4.69, 9.17) is 0 Å². The van der Waals surface area contributed by atoms with Crippen LogP contribution in [0.4, 0.5) is 4.79 Å². The van der Waals surface area contributed by atoms with E-state index in [1.54, 1.807) is 16.8 Å². The summed E-state index contributed by atoms with van der Waals surface area (Å²) >= 11 is 0. The molecule has 1 aliphatic heterocycles. The third kappa shape index (κ3) is 1.75. The van der Waals surface area contributed by atoms with E-state index >= 15 is 0 Å². The normalized spacial score (nSPS) is 20.0. The van der Waals surface area contributed by atoms with Crippen LogP contribution in [0.1, 0.15) is 6.92 Å². The molecule has 1 rings (SSSR count). The number of aldehydes is 1. The Morgan fingerprint density at radius 3 is 2.67 bits per heavy atom. The smallest absolute Gasteiger partial charge is 0.319 e. The Hall–Kier alpha value is -1.06. The summed E-state index contributed by atoms with van der Waals surface area (Å²) in [6.45, 7) is 3.88. The molecule has 4 heteroatoms. The quantitative estimate of drug-likeness (QED) is 0.567. The van der Waals surface area contributed by atoms with E-state index in [9.17, 15) is 9.59 Å². The Bertz CT molecular complexity index is 193. The molecule has 0 aliphatic carbocycles. The maximum Gasteiger partial charge on any atom is 0.319 e. The number of hydrogen-bond donors (Lipinski definition) is 0. The zero-order valence-corrected chi connectivity index (χ0v) is 7.49. The SMILES string of the molecule is CC(C=O)CN1CCN(C)C1=O. The number of urea groups is 1. The highest BCUT2D eigenvalue weighted by molar-refractivity contribution is 5.76. The average Bonchev–Trinajstić information content (AvgIpc) is 2.36. The van der Waals surface area contributed by atoms with Crippen LogP contribution in [0.3, 0.4) is 0 Å². The summed E-state index contributed by atoms with van der Waals surface area (Å²) in [5, 5.41) is 0. The largest absolute Gasteiger partial charge is 0.326 e. The molecule has 2 amide bonds. The molecule has 0 radical (unpaired) electrons. The molecule has 0 aromatic heterocycles. The molecule has 0 saturated carbocycles. The number of rotatable bonds is 3. The molecule has 0 bridgehead atoms. The summed E-state index contributed by atoms with van der Waals surface area (Å²) in [6, 6.07) is 0.0312. The fourth-order valence-electron chi connectivity index (χ4n) is 1.26. The van der Waals surface area contributed by atoms with Crippen LogP contribution in [0.5, 0.6) is 0 Å². The number of hydrogen-bond acceptors (Lipinski definition) is 2. The first-order valence-electron chi connectivity index (χ1n) is 4.10. The number of amides is 2. The molecule has 0 aromatic carbocycles. The van der Waals surface area contributed by atoms with Crippen molar-refractivity contribution in [3.05, 3.63) is 0 Å². The highest BCUT2D eigenvalue weighted by Gasteiger charge is 2.25. The molecule has 1 atom stereocenters. The summed E-state index contributed by atoms with van der Waals surface area (Å²) in [5.41, 5.74) is 0. The van der Waals surface area contributed by atoms with Gasteiger partial charge in [0.25, 0.3) is 0 Å². The Morgan fingerprint density at radius 1 is 1.58 bits per heavy atom. The maximum absolute atomic E-state index is 11.3. The van der Waals surface area contributed by atoms with Gasteiger partial charge in [-0.2, -0.15) is 0 Å². The Kier molecular flexibility index (Phi) is 2.68. The lowest BCUT2D eigenvalue weighted by Crippen LogP contribution is -2.33. The molecule has 1 aliphatic rings. The van der Waals surface area contributed by atoms with Crippen LogP contribution in [0.2, 0.25) is 0 Å². The third-order valence-electron chi connectivity index (χ3n) is 2.04. The second-order valence-electron chi connectivity index (χ2n) is 3.26. The van der Waals surface area contributed by atoms with Gasteiger partial charge in [0.15, 0.2) is 0 Å². The Balaban J connectivity index is 2.44. The fraction of sp³-hybridized carbons (Fsp3) is 0.750. The van der Waals surface area contributed by atoms with Gasteiger partial charge in [-0.25, -0.2) is 4.79 Å². The second-order valence-corrected chi connectivity index (χ2v) is 3.26. The molecule has 68 valence electrons. The Labute approximate surface area is 72.1 Å². The first-order chi connectivity index (χ1) is 5.65. The minimum atomic E-state index is -0.0551.